The Kier molecular flexibility index (Phi) is 7.42. The van der Waals surface area contributed by atoms with Crippen molar-refractivity contribution < 1.29 is 28.5 Å². The lowest BCUT2D eigenvalue weighted by Crippen LogP contribution is -3.00. The third-order valence-electron chi connectivity index (χ3n) is 6.89. The zero-order chi connectivity index (χ0) is 23.9. The molecule has 2 heterocycles. The predicted molar refractivity (Wildman–Crippen MR) is 154 cm³/mol. The van der Waals surface area contributed by atoms with E-state index in [0.29, 0.717) is 0 Å². The molecule has 0 fully saturated rings. The molecular formula is C31H29IN2S2. The van der Waals surface area contributed by atoms with Gasteiger partial charge in [0.25, 0.3) is 5.01 Å². The highest BCUT2D eigenvalue weighted by Crippen LogP contribution is 2.49. The number of allylic oxidation sites excluding steroid dienone is 2. The van der Waals surface area contributed by atoms with E-state index in [9.17, 15) is 0 Å². The smallest absolute Gasteiger partial charge is 0.263 e. The van der Waals surface area contributed by atoms with Gasteiger partial charge in [-0.05, 0) is 60.9 Å². The lowest BCUT2D eigenvalue weighted by Gasteiger charge is -2.20. The van der Waals surface area contributed by atoms with E-state index in [-0.39, 0.29) is 24.0 Å². The monoisotopic (exact) mass is 620 g/mol. The van der Waals surface area contributed by atoms with E-state index in [0.717, 1.165) is 19.5 Å². The van der Waals surface area contributed by atoms with Crippen LogP contribution in [0.1, 0.15) is 32.2 Å². The number of benzene rings is 4. The molecule has 0 radical (unpaired) electrons. The number of aromatic nitrogens is 1. The van der Waals surface area contributed by atoms with Crippen LogP contribution in [-0.2, 0) is 6.54 Å². The highest BCUT2D eigenvalue weighted by Gasteiger charge is 2.26. The van der Waals surface area contributed by atoms with E-state index in [1.807, 2.05) is 23.1 Å². The highest BCUT2D eigenvalue weighted by molar-refractivity contribution is 8.03. The van der Waals surface area contributed by atoms with Crippen molar-refractivity contribution in [3.05, 3.63) is 94.5 Å². The number of rotatable bonds is 5. The van der Waals surface area contributed by atoms with Crippen LogP contribution in [0, 0.1) is 0 Å². The summed E-state index contributed by atoms with van der Waals surface area (Å²) >= 11 is 3.80. The summed E-state index contributed by atoms with van der Waals surface area (Å²) in [5.74, 6) is 0. The Morgan fingerprint density at radius 1 is 0.861 bits per heavy atom. The average Bonchev–Trinajstić information content (AvgIpc) is 3.45. The second-order valence-electron chi connectivity index (χ2n) is 8.85. The number of aryl methyl sites for hydroxylation is 1. The van der Waals surface area contributed by atoms with Gasteiger partial charge in [-0.25, -0.2) is 0 Å². The summed E-state index contributed by atoms with van der Waals surface area (Å²) in [4.78, 5) is 3.84. The van der Waals surface area contributed by atoms with Crippen LogP contribution in [0.3, 0.4) is 0 Å². The fraction of sp³-hybridized carbons (Fsp3) is 0.194. The van der Waals surface area contributed by atoms with Gasteiger partial charge in [-0.3, -0.25) is 0 Å². The van der Waals surface area contributed by atoms with Crippen LogP contribution in [0.25, 0.3) is 37.8 Å². The Morgan fingerprint density at radius 3 is 2.28 bits per heavy atom. The van der Waals surface area contributed by atoms with Gasteiger partial charge in [0.2, 0.25) is 5.52 Å². The molecule has 0 unspecified atom stereocenters. The molecule has 1 aromatic heterocycles. The molecule has 1 aliphatic heterocycles. The van der Waals surface area contributed by atoms with Gasteiger partial charge in [0.1, 0.15) is 11.2 Å². The van der Waals surface area contributed by atoms with Crippen LogP contribution in [0.5, 0.6) is 0 Å². The number of anilines is 1. The van der Waals surface area contributed by atoms with Gasteiger partial charge in [-0.15, -0.1) is 0 Å². The number of hydrogen-bond acceptors (Lipinski definition) is 3. The maximum Gasteiger partial charge on any atom is 0.263 e. The lowest BCUT2D eigenvalue weighted by molar-refractivity contribution is -0.664. The van der Waals surface area contributed by atoms with Gasteiger partial charge < -0.3 is 28.9 Å². The lowest BCUT2D eigenvalue weighted by atomic mass is 10.1. The quantitative estimate of drug-likeness (QED) is 0.182. The molecule has 0 saturated heterocycles. The molecule has 1 aliphatic rings. The van der Waals surface area contributed by atoms with Crippen LogP contribution in [0.4, 0.5) is 5.69 Å². The number of nitrogens with zero attached hydrogens (tertiary/aromatic N) is 2. The molecule has 5 aromatic rings. The van der Waals surface area contributed by atoms with E-state index in [1.165, 1.54) is 58.0 Å². The summed E-state index contributed by atoms with van der Waals surface area (Å²) in [6.07, 6.45) is 5.81. The average molecular weight is 621 g/mol. The summed E-state index contributed by atoms with van der Waals surface area (Å²) in [6, 6.07) is 26.5. The first kappa shape index (κ1) is 25.3. The van der Waals surface area contributed by atoms with Crippen molar-refractivity contribution in [3.8, 4) is 0 Å². The number of thiazole rings is 1. The van der Waals surface area contributed by atoms with Crippen LogP contribution in [0.2, 0.25) is 0 Å². The van der Waals surface area contributed by atoms with E-state index < -0.39 is 0 Å². The first-order valence-corrected chi connectivity index (χ1v) is 14.1. The van der Waals surface area contributed by atoms with Gasteiger partial charge in [-0.2, -0.15) is 4.57 Å². The SMILES string of the molecule is CCC(/C=C1\Sc2ccc3ccccc3c2N1CC)=C\c1sc2ccc3ccccc3c2[n+]1CC.[I-]. The Hall–Kier alpha value is -2.35. The topological polar surface area (TPSA) is 7.12 Å². The minimum Gasteiger partial charge on any atom is -1.00 e. The Balaban J connectivity index is 0.00000267. The van der Waals surface area contributed by atoms with E-state index >= 15 is 0 Å². The van der Waals surface area contributed by atoms with Crippen molar-refractivity contribution in [1.82, 2.24) is 0 Å². The van der Waals surface area contributed by atoms with Crippen molar-refractivity contribution in [3.63, 3.8) is 0 Å². The van der Waals surface area contributed by atoms with Gasteiger partial charge in [0.05, 0.1) is 16.1 Å². The molecule has 0 N–H and O–H groups in total. The molecule has 0 amide bonds. The minimum absolute atomic E-state index is 0. The Labute approximate surface area is 238 Å². The molecule has 182 valence electrons. The van der Waals surface area contributed by atoms with Crippen LogP contribution in [0.15, 0.2) is 94.4 Å². The second kappa shape index (κ2) is 10.6. The molecule has 2 nitrogen and oxygen atoms in total. The highest BCUT2D eigenvalue weighted by atomic mass is 127. The summed E-state index contributed by atoms with van der Waals surface area (Å²) in [7, 11) is 0. The number of halogens is 1. The van der Waals surface area contributed by atoms with E-state index in [4.69, 9.17) is 0 Å². The Morgan fingerprint density at radius 2 is 1.56 bits per heavy atom. The molecule has 4 aromatic carbocycles. The zero-order valence-corrected chi connectivity index (χ0v) is 24.6. The van der Waals surface area contributed by atoms with Crippen molar-refractivity contribution in [2.24, 2.45) is 0 Å². The first-order chi connectivity index (χ1) is 17.2. The molecule has 0 bridgehead atoms. The summed E-state index contributed by atoms with van der Waals surface area (Å²) in [5.41, 5.74) is 4.07. The Bertz CT molecular complexity index is 1650. The van der Waals surface area contributed by atoms with Gasteiger partial charge in [0, 0.05) is 22.9 Å². The third-order valence-corrected chi connectivity index (χ3v) is 9.08. The van der Waals surface area contributed by atoms with Gasteiger partial charge in [-0.1, -0.05) is 84.6 Å². The number of hydrogen-bond donors (Lipinski definition) is 0. The molecule has 0 aliphatic carbocycles. The predicted octanol–water partition coefficient (Wildman–Crippen LogP) is 5.79. The standard InChI is InChI=1S/C31H29N2S2.HI/c1-4-21(19-28-32(5-2)30-24-13-9-7-11-22(24)15-17-26(30)34-28)20-29-33(6-3)31-25-14-10-8-12-23(25)16-18-27(31)35-29;/h7-20H,4-6H2,1-3H3;1H/q+1;/p-1. The van der Waals surface area contributed by atoms with E-state index in [1.54, 1.807) is 0 Å². The fourth-order valence-electron chi connectivity index (χ4n) is 5.15. The van der Waals surface area contributed by atoms with Gasteiger partial charge >= 0.3 is 0 Å². The van der Waals surface area contributed by atoms with Crippen molar-refractivity contribution in [1.29, 1.82) is 0 Å². The summed E-state index contributed by atoms with van der Waals surface area (Å²) in [5, 5.41) is 7.93. The molecule has 0 saturated carbocycles. The van der Waals surface area contributed by atoms with Crippen molar-refractivity contribution >= 4 is 66.6 Å². The van der Waals surface area contributed by atoms with Crippen LogP contribution >= 0.6 is 23.1 Å². The fourth-order valence-corrected chi connectivity index (χ4v) is 7.59. The molecule has 5 heteroatoms. The van der Waals surface area contributed by atoms with E-state index in [2.05, 4.69) is 115 Å². The molecule has 0 spiro atoms. The van der Waals surface area contributed by atoms with Gasteiger partial charge in [0.15, 0.2) is 0 Å². The zero-order valence-electron chi connectivity index (χ0n) is 20.8. The van der Waals surface area contributed by atoms with Crippen LogP contribution < -0.4 is 33.4 Å². The van der Waals surface area contributed by atoms with Crippen molar-refractivity contribution in [2.75, 3.05) is 11.4 Å². The van der Waals surface area contributed by atoms with Crippen molar-refractivity contribution in [2.45, 2.75) is 38.6 Å². The molecular weight excluding hydrogens is 591 g/mol. The normalized spacial score (nSPS) is 14.7. The van der Waals surface area contributed by atoms with Crippen LogP contribution in [-0.4, -0.2) is 6.54 Å². The largest absolute Gasteiger partial charge is 1.00 e. The third kappa shape index (κ3) is 4.25. The number of thioether (sulfide) groups is 1. The first-order valence-electron chi connectivity index (χ1n) is 12.4. The molecule has 6 rings (SSSR count). The summed E-state index contributed by atoms with van der Waals surface area (Å²) in [6.45, 7) is 8.69. The number of fused-ring (bicyclic) bond motifs is 6. The molecule has 36 heavy (non-hydrogen) atoms. The maximum absolute atomic E-state index is 2.48. The summed E-state index contributed by atoms with van der Waals surface area (Å²) < 4.78 is 3.84. The molecule has 0 atom stereocenters. The maximum atomic E-state index is 2.48. The minimum atomic E-state index is 0. The second-order valence-corrected chi connectivity index (χ2v) is 11.0.